The average molecular weight is 360 g/mol. The predicted molar refractivity (Wildman–Crippen MR) is 83.7 cm³/mol. The van der Waals surface area contributed by atoms with Gasteiger partial charge in [0.1, 0.15) is 4.34 Å². The monoisotopic (exact) mass is 358 g/mol. The van der Waals surface area contributed by atoms with E-state index in [1.54, 1.807) is 11.3 Å². The lowest BCUT2D eigenvalue weighted by Gasteiger charge is -2.05. The number of halogens is 2. The maximum atomic E-state index is 10.8. The highest BCUT2D eigenvalue weighted by molar-refractivity contribution is 9.10. The van der Waals surface area contributed by atoms with Crippen molar-refractivity contribution in [3.05, 3.63) is 49.6 Å². The summed E-state index contributed by atoms with van der Waals surface area (Å²) in [6, 6.07) is 9.65. The van der Waals surface area contributed by atoms with Crippen molar-refractivity contribution in [1.82, 2.24) is 0 Å². The van der Waals surface area contributed by atoms with Gasteiger partial charge in [0, 0.05) is 21.6 Å². The zero-order chi connectivity index (χ0) is 13.8. The molecular formula is C13H12BrClN2OS. The average Bonchev–Trinajstić information content (AvgIpc) is 2.67. The highest BCUT2D eigenvalue weighted by Gasteiger charge is 2.04. The lowest BCUT2D eigenvalue weighted by atomic mass is 10.1. The summed E-state index contributed by atoms with van der Waals surface area (Å²) in [5.41, 5.74) is 7.05. The fourth-order valence-electron chi connectivity index (χ4n) is 1.61. The Morgan fingerprint density at radius 3 is 2.58 bits per heavy atom. The molecule has 1 heterocycles. The highest BCUT2D eigenvalue weighted by Crippen LogP contribution is 2.32. The maximum Gasteiger partial charge on any atom is 0.221 e. The number of hydrogen-bond acceptors (Lipinski definition) is 3. The molecule has 2 rings (SSSR count). The smallest absolute Gasteiger partial charge is 0.221 e. The van der Waals surface area contributed by atoms with E-state index in [9.17, 15) is 4.79 Å². The number of rotatable bonds is 5. The van der Waals surface area contributed by atoms with Crippen molar-refractivity contribution in [3.63, 3.8) is 0 Å². The van der Waals surface area contributed by atoms with Crippen LogP contribution in [0.25, 0.3) is 0 Å². The summed E-state index contributed by atoms with van der Waals surface area (Å²) in [5.74, 6) is -0.321. The first kappa shape index (κ1) is 14.4. The van der Waals surface area contributed by atoms with E-state index in [4.69, 9.17) is 17.3 Å². The van der Waals surface area contributed by atoms with E-state index in [0.29, 0.717) is 6.54 Å². The molecular weight excluding hydrogens is 348 g/mol. The van der Waals surface area contributed by atoms with Crippen molar-refractivity contribution in [2.75, 3.05) is 5.32 Å². The van der Waals surface area contributed by atoms with E-state index < -0.39 is 0 Å². The number of primary amides is 1. The Bertz CT molecular complexity index is 563. The number of anilines is 1. The number of benzene rings is 1. The van der Waals surface area contributed by atoms with Gasteiger partial charge in [-0.1, -0.05) is 23.7 Å². The zero-order valence-electron chi connectivity index (χ0n) is 9.95. The van der Waals surface area contributed by atoms with Crippen LogP contribution in [-0.4, -0.2) is 5.91 Å². The van der Waals surface area contributed by atoms with Gasteiger partial charge in [-0.25, -0.2) is 0 Å². The zero-order valence-corrected chi connectivity index (χ0v) is 13.1. The van der Waals surface area contributed by atoms with Gasteiger partial charge in [-0.15, -0.1) is 11.3 Å². The number of thiophene rings is 1. The van der Waals surface area contributed by atoms with Crippen molar-refractivity contribution in [2.45, 2.75) is 13.0 Å². The predicted octanol–water partition coefficient (Wildman–Crippen LogP) is 3.80. The van der Waals surface area contributed by atoms with Crippen LogP contribution in [0.4, 0.5) is 5.69 Å². The van der Waals surface area contributed by atoms with Crippen LogP contribution in [0.3, 0.4) is 0 Å². The van der Waals surface area contributed by atoms with Gasteiger partial charge in [-0.3, -0.25) is 4.79 Å². The van der Waals surface area contributed by atoms with Crippen molar-refractivity contribution < 1.29 is 4.79 Å². The second-order valence-corrected chi connectivity index (χ2v) is 6.62. The van der Waals surface area contributed by atoms with Crippen LogP contribution >= 0.6 is 38.9 Å². The third-order valence-electron chi connectivity index (χ3n) is 2.50. The number of nitrogens with two attached hydrogens (primary N) is 1. The minimum atomic E-state index is -0.321. The van der Waals surface area contributed by atoms with Gasteiger partial charge < -0.3 is 11.1 Å². The maximum absolute atomic E-state index is 10.8. The first-order chi connectivity index (χ1) is 9.04. The van der Waals surface area contributed by atoms with E-state index in [1.165, 1.54) is 0 Å². The van der Waals surface area contributed by atoms with Crippen LogP contribution in [0.1, 0.15) is 10.4 Å². The first-order valence-corrected chi connectivity index (χ1v) is 7.58. The summed E-state index contributed by atoms with van der Waals surface area (Å²) in [7, 11) is 0. The third-order valence-corrected chi connectivity index (χ3v) is 4.97. The second-order valence-electron chi connectivity index (χ2n) is 4.03. The van der Waals surface area contributed by atoms with Crippen LogP contribution in [0.5, 0.6) is 0 Å². The second kappa shape index (κ2) is 6.41. The minimum Gasteiger partial charge on any atom is -0.380 e. The summed E-state index contributed by atoms with van der Waals surface area (Å²) in [6.07, 6.45) is 0.272. The summed E-state index contributed by atoms with van der Waals surface area (Å²) in [4.78, 5) is 11.9. The molecule has 2 aromatic rings. The molecule has 0 spiro atoms. The molecule has 100 valence electrons. The van der Waals surface area contributed by atoms with Crippen LogP contribution in [0.2, 0.25) is 4.34 Å². The molecule has 1 amide bonds. The Morgan fingerprint density at radius 1 is 1.37 bits per heavy atom. The van der Waals surface area contributed by atoms with Gasteiger partial charge >= 0.3 is 0 Å². The molecule has 1 aromatic heterocycles. The van der Waals surface area contributed by atoms with Crippen molar-refractivity contribution in [2.24, 2.45) is 5.73 Å². The fraction of sp³-hybridized carbons (Fsp3) is 0.154. The van der Waals surface area contributed by atoms with Gasteiger partial charge in [-0.2, -0.15) is 0 Å². The van der Waals surface area contributed by atoms with E-state index in [-0.39, 0.29) is 12.3 Å². The normalized spacial score (nSPS) is 10.4. The molecule has 1 aromatic carbocycles. The van der Waals surface area contributed by atoms with Gasteiger partial charge in [-0.05, 0) is 39.7 Å². The van der Waals surface area contributed by atoms with Crippen LogP contribution in [0.15, 0.2) is 34.8 Å². The molecule has 0 unspecified atom stereocenters. The molecule has 0 atom stereocenters. The minimum absolute atomic E-state index is 0.272. The molecule has 0 saturated heterocycles. The number of carbonyl (C=O) groups is 1. The number of nitrogens with one attached hydrogen (secondary N) is 1. The van der Waals surface area contributed by atoms with Gasteiger partial charge in [0.25, 0.3) is 0 Å². The molecule has 0 radical (unpaired) electrons. The topological polar surface area (TPSA) is 55.1 Å². The summed E-state index contributed by atoms with van der Waals surface area (Å²) >= 11 is 10.9. The van der Waals surface area contributed by atoms with E-state index >= 15 is 0 Å². The van der Waals surface area contributed by atoms with Gasteiger partial charge in [0.15, 0.2) is 0 Å². The molecule has 6 heteroatoms. The quantitative estimate of drug-likeness (QED) is 0.853. The lowest BCUT2D eigenvalue weighted by Crippen LogP contribution is -2.13. The molecule has 0 saturated carbocycles. The standard InChI is InChI=1S/C13H12BrClN2OS/c14-11-6-10(19-13(11)15)7-17-9-3-1-8(2-4-9)5-12(16)18/h1-4,6,17H,5,7H2,(H2,16,18). The highest BCUT2D eigenvalue weighted by atomic mass is 79.9. The molecule has 0 aliphatic carbocycles. The molecule has 0 bridgehead atoms. The lowest BCUT2D eigenvalue weighted by molar-refractivity contribution is -0.117. The van der Waals surface area contributed by atoms with E-state index in [0.717, 1.165) is 24.9 Å². The van der Waals surface area contributed by atoms with Crippen LogP contribution in [0, 0.1) is 0 Å². The van der Waals surface area contributed by atoms with E-state index in [1.807, 2.05) is 30.3 Å². The number of carbonyl (C=O) groups excluding carboxylic acids is 1. The SMILES string of the molecule is NC(=O)Cc1ccc(NCc2cc(Br)c(Cl)s2)cc1. The van der Waals surface area contributed by atoms with Gasteiger partial charge in [0.05, 0.1) is 6.42 Å². The Hall–Kier alpha value is -1.04. The largest absolute Gasteiger partial charge is 0.380 e. The van der Waals surface area contributed by atoms with Crippen molar-refractivity contribution >= 4 is 50.5 Å². The summed E-state index contributed by atoms with van der Waals surface area (Å²) in [5, 5.41) is 3.30. The third kappa shape index (κ3) is 4.23. The molecule has 0 aliphatic rings. The summed E-state index contributed by atoms with van der Waals surface area (Å²) in [6.45, 7) is 0.713. The Kier molecular flexibility index (Phi) is 4.85. The Morgan fingerprint density at radius 2 is 2.05 bits per heavy atom. The van der Waals surface area contributed by atoms with Gasteiger partial charge in [0.2, 0.25) is 5.91 Å². The van der Waals surface area contributed by atoms with Crippen LogP contribution in [-0.2, 0) is 17.8 Å². The van der Waals surface area contributed by atoms with Crippen molar-refractivity contribution in [1.29, 1.82) is 0 Å². The van der Waals surface area contributed by atoms with Crippen molar-refractivity contribution in [3.8, 4) is 0 Å². The molecule has 0 fully saturated rings. The number of hydrogen-bond donors (Lipinski definition) is 2. The fourth-order valence-corrected chi connectivity index (χ4v) is 3.34. The molecule has 0 aliphatic heterocycles. The van der Waals surface area contributed by atoms with E-state index in [2.05, 4.69) is 21.2 Å². The molecule has 19 heavy (non-hydrogen) atoms. The Labute approximate surface area is 128 Å². The van der Waals surface area contributed by atoms with Crippen LogP contribution < -0.4 is 11.1 Å². The first-order valence-electron chi connectivity index (χ1n) is 5.59. The summed E-state index contributed by atoms with van der Waals surface area (Å²) < 4.78 is 1.68. The molecule has 3 N–H and O–H groups in total. The molecule has 3 nitrogen and oxygen atoms in total. The Balaban J connectivity index is 1.94. The number of amides is 1.